The van der Waals surface area contributed by atoms with Crippen LogP contribution < -0.4 is 0 Å². The molecule has 3 rings (SSSR count). The second-order valence-corrected chi connectivity index (χ2v) is 7.56. The van der Waals surface area contributed by atoms with Gasteiger partial charge in [0.25, 0.3) is 0 Å². The zero-order valence-electron chi connectivity index (χ0n) is 14.7. The average molecular weight is 336 g/mol. The van der Waals surface area contributed by atoms with Crippen LogP contribution in [0.4, 0.5) is 0 Å². The van der Waals surface area contributed by atoms with Crippen molar-refractivity contribution in [2.75, 3.05) is 32.8 Å². The fourth-order valence-corrected chi connectivity index (χ4v) is 3.94. The minimum atomic E-state index is -0.280. The fourth-order valence-electron chi connectivity index (χ4n) is 3.94. The number of carbonyl (C=O) groups excluding carboxylic acids is 1. The molecule has 0 aliphatic carbocycles. The van der Waals surface area contributed by atoms with Crippen LogP contribution in [0.5, 0.6) is 0 Å². The summed E-state index contributed by atoms with van der Waals surface area (Å²) < 4.78 is 5.30. The van der Waals surface area contributed by atoms with Crippen LogP contribution >= 0.6 is 0 Å². The molecule has 2 saturated heterocycles. The number of carbonyl (C=O) groups is 1. The van der Waals surface area contributed by atoms with E-state index in [1.165, 1.54) is 0 Å². The van der Waals surface area contributed by atoms with Crippen molar-refractivity contribution in [2.45, 2.75) is 46.1 Å². The van der Waals surface area contributed by atoms with Crippen LogP contribution in [0, 0.1) is 11.3 Å². The highest BCUT2D eigenvalue weighted by Gasteiger charge is 2.48. The number of likely N-dealkylation sites (tertiary alicyclic amines) is 2. The number of aliphatic hydroxyl groups excluding tert-OH is 1. The van der Waals surface area contributed by atoms with Crippen LogP contribution in [-0.2, 0) is 17.8 Å². The molecular weight excluding hydrogens is 308 g/mol. The molecule has 0 saturated carbocycles. The summed E-state index contributed by atoms with van der Waals surface area (Å²) in [4.78, 5) is 21.3. The molecule has 1 aromatic heterocycles. The zero-order chi connectivity index (χ0) is 17.2. The number of aromatic nitrogens is 2. The van der Waals surface area contributed by atoms with E-state index in [4.69, 9.17) is 9.63 Å². The van der Waals surface area contributed by atoms with Gasteiger partial charge in [0, 0.05) is 26.1 Å². The molecule has 3 heterocycles. The Hall–Kier alpha value is -1.47. The first-order valence-electron chi connectivity index (χ1n) is 8.96. The van der Waals surface area contributed by atoms with Gasteiger partial charge in [0.2, 0.25) is 11.8 Å². The standard InChI is InChI=1S/C17H28N4O3/c1-13(2)10-15-18-14(19-24-15)11-20-7-5-17(12-20)4-3-6-21(8-9-22)16(17)23/h13,22H,3-12H2,1-2H3/t17-/m0/s1. The van der Waals surface area contributed by atoms with E-state index < -0.39 is 0 Å². The van der Waals surface area contributed by atoms with Gasteiger partial charge >= 0.3 is 0 Å². The summed E-state index contributed by atoms with van der Waals surface area (Å²) in [5.41, 5.74) is -0.280. The number of hydrogen-bond acceptors (Lipinski definition) is 6. The molecule has 2 aliphatic heterocycles. The lowest BCUT2D eigenvalue weighted by atomic mass is 9.78. The Kier molecular flexibility index (Phi) is 5.20. The maximum absolute atomic E-state index is 12.8. The molecule has 1 amide bonds. The molecule has 2 aliphatic rings. The topological polar surface area (TPSA) is 82.7 Å². The van der Waals surface area contributed by atoms with Gasteiger partial charge in [0.05, 0.1) is 18.6 Å². The van der Waals surface area contributed by atoms with E-state index in [9.17, 15) is 4.79 Å². The zero-order valence-corrected chi connectivity index (χ0v) is 14.7. The lowest BCUT2D eigenvalue weighted by Crippen LogP contribution is -2.50. The van der Waals surface area contributed by atoms with Crippen molar-refractivity contribution < 1.29 is 14.4 Å². The van der Waals surface area contributed by atoms with E-state index in [0.29, 0.717) is 30.7 Å². The monoisotopic (exact) mass is 336 g/mol. The molecule has 0 aromatic carbocycles. The van der Waals surface area contributed by atoms with Gasteiger partial charge < -0.3 is 14.5 Å². The van der Waals surface area contributed by atoms with Crippen molar-refractivity contribution in [1.29, 1.82) is 0 Å². The fraction of sp³-hybridized carbons (Fsp3) is 0.824. The van der Waals surface area contributed by atoms with E-state index in [2.05, 4.69) is 28.9 Å². The second-order valence-electron chi connectivity index (χ2n) is 7.56. The van der Waals surface area contributed by atoms with Crippen LogP contribution in [0.1, 0.15) is 44.8 Å². The summed E-state index contributed by atoms with van der Waals surface area (Å²) in [5, 5.41) is 13.2. The Bertz CT molecular complexity index is 572. The molecule has 1 atom stereocenters. The summed E-state index contributed by atoms with van der Waals surface area (Å²) in [7, 11) is 0. The molecule has 1 spiro atoms. The van der Waals surface area contributed by atoms with E-state index in [-0.39, 0.29) is 17.9 Å². The van der Waals surface area contributed by atoms with Crippen molar-refractivity contribution in [3.8, 4) is 0 Å². The smallest absolute Gasteiger partial charge is 0.230 e. The van der Waals surface area contributed by atoms with Crippen LogP contribution in [0.2, 0.25) is 0 Å². The van der Waals surface area contributed by atoms with Gasteiger partial charge in [-0.25, -0.2) is 0 Å². The molecule has 0 radical (unpaired) electrons. The minimum absolute atomic E-state index is 0.0347. The molecule has 134 valence electrons. The third-order valence-corrected chi connectivity index (χ3v) is 5.09. The third kappa shape index (κ3) is 3.62. The number of piperidine rings is 1. The van der Waals surface area contributed by atoms with Crippen molar-refractivity contribution in [2.24, 2.45) is 11.3 Å². The van der Waals surface area contributed by atoms with Crippen molar-refractivity contribution in [3.05, 3.63) is 11.7 Å². The summed E-state index contributed by atoms with van der Waals surface area (Å²) in [6.45, 7) is 7.77. The number of rotatable bonds is 6. The highest BCUT2D eigenvalue weighted by atomic mass is 16.5. The van der Waals surface area contributed by atoms with Crippen molar-refractivity contribution in [1.82, 2.24) is 19.9 Å². The number of amides is 1. The average Bonchev–Trinajstić information content (AvgIpc) is 3.12. The first-order chi connectivity index (χ1) is 11.5. The lowest BCUT2D eigenvalue weighted by molar-refractivity contribution is -0.146. The number of aliphatic hydroxyl groups is 1. The van der Waals surface area contributed by atoms with Gasteiger partial charge in [-0.3, -0.25) is 9.69 Å². The molecule has 0 unspecified atom stereocenters. The van der Waals surface area contributed by atoms with Crippen LogP contribution in [-0.4, -0.2) is 63.7 Å². The van der Waals surface area contributed by atoms with E-state index in [1.54, 1.807) is 0 Å². The van der Waals surface area contributed by atoms with Gasteiger partial charge in [-0.15, -0.1) is 0 Å². The molecule has 24 heavy (non-hydrogen) atoms. The third-order valence-electron chi connectivity index (χ3n) is 5.09. The maximum Gasteiger partial charge on any atom is 0.230 e. The molecule has 1 N–H and O–H groups in total. The highest BCUT2D eigenvalue weighted by molar-refractivity contribution is 5.84. The Morgan fingerprint density at radius 2 is 2.17 bits per heavy atom. The van der Waals surface area contributed by atoms with Gasteiger partial charge in [-0.1, -0.05) is 19.0 Å². The van der Waals surface area contributed by atoms with Crippen LogP contribution in [0.3, 0.4) is 0 Å². The maximum atomic E-state index is 12.8. The number of nitrogens with zero attached hydrogens (tertiary/aromatic N) is 4. The predicted octanol–water partition coefficient (Wildman–Crippen LogP) is 1.07. The summed E-state index contributed by atoms with van der Waals surface area (Å²) in [5.74, 6) is 2.10. The summed E-state index contributed by atoms with van der Waals surface area (Å²) >= 11 is 0. The Balaban J connectivity index is 1.60. The van der Waals surface area contributed by atoms with E-state index in [1.807, 2.05) is 4.90 Å². The lowest BCUT2D eigenvalue weighted by Gasteiger charge is -2.39. The summed E-state index contributed by atoms with van der Waals surface area (Å²) in [6.07, 6.45) is 3.63. The van der Waals surface area contributed by atoms with Gasteiger partial charge in [0.15, 0.2) is 5.82 Å². The molecule has 7 heteroatoms. The van der Waals surface area contributed by atoms with E-state index in [0.717, 1.165) is 45.3 Å². The Morgan fingerprint density at radius 1 is 1.33 bits per heavy atom. The van der Waals surface area contributed by atoms with E-state index >= 15 is 0 Å². The number of hydrogen-bond donors (Lipinski definition) is 1. The summed E-state index contributed by atoms with van der Waals surface area (Å²) in [6, 6.07) is 0. The molecule has 7 nitrogen and oxygen atoms in total. The first kappa shape index (κ1) is 17.4. The van der Waals surface area contributed by atoms with Gasteiger partial charge in [0.1, 0.15) is 0 Å². The van der Waals surface area contributed by atoms with Gasteiger partial charge in [-0.2, -0.15) is 4.98 Å². The Morgan fingerprint density at radius 3 is 2.92 bits per heavy atom. The molecule has 1 aromatic rings. The number of β-amino-alcohol motifs (C(OH)–C–C–N with tert-alkyl or cyclic N) is 1. The van der Waals surface area contributed by atoms with Gasteiger partial charge in [-0.05, 0) is 31.7 Å². The first-order valence-corrected chi connectivity index (χ1v) is 8.96. The second kappa shape index (κ2) is 7.19. The normalized spacial score (nSPS) is 25.3. The highest BCUT2D eigenvalue weighted by Crippen LogP contribution is 2.40. The van der Waals surface area contributed by atoms with Crippen LogP contribution in [0.25, 0.3) is 0 Å². The molecule has 0 bridgehead atoms. The molecular formula is C17H28N4O3. The quantitative estimate of drug-likeness (QED) is 0.837. The Labute approximate surface area is 143 Å². The predicted molar refractivity (Wildman–Crippen MR) is 88.1 cm³/mol. The molecule has 2 fully saturated rings. The van der Waals surface area contributed by atoms with Crippen molar-refractivity contribution in [3.63, 3.8) is 0 Å². The largest absolute Gasteiger partial charge is 0.395 e. The minimum Gasteiger partial charge on any atom is -0.395 e. The SMILES string of the molecule is CC(C)Cc1nc(CN2CC[C@@]3(CCCN(CCO)C3=O)C2)no1. The van der Waals surface area contributed by atoms with Crippen molar-refractivity contribution >= 4 is 5.91 Å². The van der Waals surface area contributed by atoms with Crippen LogP contribution in [0.15, 0.2) is 4.52 Å².